The second-order valence-electron chi connectivity index (χ2n) is 5.44. The standard InChI is InChI=1S/C18H22N2O2S/c1-3-7-16-12-14(2)17(23-16)19-18(22)20(13-21)11-10-15-8-5-4-6-9-15/h4-6,8-9,12-13H,3,7,10-11H2,1-2H3,(H,19,22). The molecule has 0 saturated carbocycles. The first kappa shape index (κ1) is 17.2. The Balaban J connectivity index is 1.95. The number of aryl methyl sites for hydroxylation is 2. The fourth-order valence-corrected chi connectivity index (χ4v) is 3.47. The molecular formula is C18H22N2O2S. The zero-order valence-corrected chi connectivity index (χ0v) is 14.4. The lowest BCUT2D eigenvalue weighted by molar-refractivity contribution is -0.115. The van der Waals surface area contributed by atoms with Gasteiger partial charge < -0.3 is 0 Å². The van der Waals surface area contributed by atoms with Crippen LogP contribution in [0, 0.1) is 6.92 Å². The summed E-state index contributed by atoms with van der Waals surface area (Å²) >= 11 is 1.58. The highest BCUT2D eigenvalue weighted by Gasteiger charge is 2.15. The second kappa shape index (κ2) is 8.48. The predicted molar refractivity (Wildman–Crippen MR) is 95.0 cm³/mol. The van der Waals surface area contributed by atoms with Crippen molar-refractivity contribution in [1.29, 1.82) is 0 Å². The first-order valence-electron chi connectivity index (χ1n) is 7.80. The number of hydrogen-bond acceptors (Lipinski definition) is 3. The summed E-state index contributed by atoms with van der Waals surface area (Å²) in [5.41, 5.74) is 2.14. The number of nitrogens with zero attached hydrogens (tertiary/aromatic N) is 1. The summed E-state index contributed by atoms with van der Waals surface area (Å²) in [5.74, 6) is 0. The summed E-state index contributed by atoms with van der Waals surface area (Å²) in [7, 11) is 0. The van der Waals surface area contributed by atoms with Crippen molar-refractivity contribution in [3.05, 3.63) is 52.4 Å². The van der Waals surface area contributed by atoms with E-state index in [2.05, 4.69) is 18.3 Å². The first-order valence-corrected chi connectivity index (χ1v) is 8.61. The molecule has 0 aliphatic rings. The summed E-state index contributed by atoms with van der Waals surface area (Å²) in [4.78, 5) is 25.9. The Kier molecular flexibility index (Phi) is 6.35. The van der Waals surface area contributed by atoms with Crippen LogP contribution in [-0.4, -0.2) is 23.9 Å². The Bertz CT molecular complexity index is 652. The number of carbonyl (C=O) groups excluding carboxylic acids is 2. The van der Waals surface area contributed by atoms with Crippen LogP contribution in [-0.2, 0) is 17.6 Å². The van der Waals surface area contributed by atoms with Gasteiger partial charge in [0.2, 0.25) is 6.41 Å². The Morgan fingerprint density at radius 3 is 2.65 bits per heavy atom. The molecule has 0 fully saturated rings. The van der Waals surface area contributed by atoms with Crippen molar-refractivity contribution in [2.45, 2.75) is 33.1 Å². The van der Waals surface area contributed by atoms with Gasteiger partial charge in [0.25, 0.3) is 0 Å². The molecule has 1 heterocycles. The van der Waals surface area contributed by atoms with E-state index in [0.29, 0.717) is 19.4 Å². The molecule has 0 radical (unpaired) electrons. The SMILES string of the molecule is CCCc1cc(C)c(NC(=O)N(C=O)CCc2ccccc2)s1. The number of benzene rings is 1. The van der Waals surface area contributed by atoms with Gasteiger partial charge >= 0.3 is 6.03 Å². The van der Waals surface area contributed by atoms with E-state index < -0.39 is 0 Å². The van der Waals surface area contributed by atoms with Crippen LogP contribution in [0.2, 0.25) is 0 Å². The number of amides is 3. The van der Waals surface area contributed by atoms with Gasteiger partial charge in [0.15, 0.2) is 0 Å². The fourth-order valence-electron chi connectivity index (χ4n) is 2.31. The molecular weight excluding hydrogens is 308 g/mol. The molecule has 5 heteroatoms. The normalized spacial score (nSPS) is 10.3. The van der Waals surface area contributed by atoms with Crippen molar-refractivity contribution >= 4 is 28.8 Å². The van der Waals surface area contributed by atoms with Gasteiger partial charge in [-0.3, -0.25) is 15.0 Å². The van der Waals surface area contributed by atoms with Crippen LogP contribution in [0.3, 0.4) is 0 Å². The van der Waals surface area contributed by atoms with E-state index in [1.807, 2.05) is 37.3 Å². The number of hydrogen-bond donors (Lipinski definition) is 1. The molecule has 0 aliphatic carbocycles. The summed E-state index contributed by atoms with van der Waals surface area (Å²) < 4.78 is 0. The van der Waals surface area contributed by atoms with Crippen LogP contribution >= 0.6 is 11.3 Å². The molecule has 122 valence electrons. The highest BCUT2D eigenvalue weighted by Crippen LogP contribution is 2.28. The van der Waals surface area contributed by atoms with Gasteiger partial charge in [-0.15, -0.1) is 11.3 Å². The molecule has 0 unspecified atom stereocenters. The molecule has 0 saturated heterocycles. The van der Waals surface area contributed by atoms with Crippen molar-refractivity contribution in [3.63, 3.8) is 0 Å². The van der Waals surface area contributed by atoms with Crippen LogP contribution in [0.15, 0.2) is 36.4 Å². The van der Waals surface area contributed by atoms with Crippen molar-refractivity contribution < 1.29 is 9.59 Å². The van der Waals surface area contributed by atoms with Crippen LogP contribution < -0.4 is 5.32 Å². The van der Waals surface area contributed by atoms with E-state index in [1.165, 1.54) is 9.78 Å². The number of imide groups is 1. The fraction of sp³-hybridized carbons (Fsp3) is 0.333. The summed E-state index contributed by atoms with van der Waals surface area (Å²) in [6.07, 6.45) is 3.32. The van der Waals surface area contributed by atoms with Crippen molar-refractivity contribution in [2.24, 2.45) is 0 Å². The first-order chi connectivity index (χ1) is 11.1. The van der Waals surface area contributed by atoms with Crippen LogP contribution in [0.1, 0.15) is 29.3 Å². The third-order valence-corrected chi connectivity index (χ3v) is 4.77. The van der Waals surface area contributed by atoms with Crippen molar-refractivity contribution in [1.82, 2.24) is 4.90 Å². The summed E-state index contributed by atoms with van der Waals surface area (Å²) in [6.45, 7) is 4.47. The molecule has 2 rings (SSSR count). The summed E-state index contributed by atoms with van der Waals surface area (Å²) in [6, 6.07) is 11.5. The number of nitrogens with one attached hydrogen (secondary N) is 1. The van der Waals surface area contributed by atoms with E-state index in [0.717, 1.165) is 29.0 Å². The van der Waals surface area contributed by atoms with E-state index in [4.69, 9.17) is 0 Å². The largest absolute Gasteiger partial charge is 0.328 e. The molecule has 4 nitrogen and oxygen atoms in total. The minimum absolute atomic E-state index is 0.367. The maximum atomic E-state index is 12.3. The highest BCUT2D eigenvalue weighted by molar-refractivity contribution is 7.16. The van der Waals surface area contributed by atoms with Gasteiger partial charge in [0.05, 0.1) is 5.00 Å². The molecule has 1 N–H and O–H groups in total. The molecule has 23 heavy (non-hydrogen) atoms. The van der Waals surface area contributed by atoms with Gasteiger partial charge in [-0.1, -0.05) is 43.7 Å². The number of thiophene rings is 1. The molecule has 3 amide bonds. The van der Waals surface area contributed by atoms with E-state index in [1.54, 1.807) is 11.3 Å². The van der Waals surface area contributed by atoms with Crippen LogP contribution in [0.4, 0.5) is 9.80 Å². The molecule has 0 atom stereocenters. The lowest BCUT2D eigenvalue weighted by Crippen LogP contribution is -2.35. The number of anilines is 1. The van der Waals surface area contributed by atoms with Crippen LogP contribution in [0.5, 0.6) is 0 Å². The molecule has 0 spiro atoms. The lowest BCUT2D eigenvalue weighted by atomic mass is 10.1. The minimum atomic E-state index is -0.371. The number of rotatable bonds is 7. The number of carbonyl (C=O) groups is 2. The maximum absolute atomic E-state index is 12.3. The third kappa shape index (κ3) is 4.93. The van der Waals surface area contributed by atoms with Gasteiger partial charge in [-0.05, 0) is 37.0 Å². The smallest absolute Gasteiger partial charge is 0.299 e. The number of urea groups is 1. The highest BCUT2D eigenvalue weighted by atomic mass is 32.1. The van der Waals surface area contributed by atoms with Crippen LogP contribution in [0.25, 0.3) is 0 Å². The zero-order valence-electron chi connectivity index (χ0n) is 13.5. The third-order valence-electron chi connectivity index (χ3n) is 3.56. The van der Waals surface area contributed by atoms with Gasteiger partial charge in [0, 0.05) is 11.4 Å². The monoisotopic (exact) mass is 330 g/mol. The molecule has 0 aliphatic heterocycles. The Morgan fingerprint density at radius 2 is 2.00 bits per heavy atom. The Morgan fingerprint density at radius 1 is 1.26 bits per heavy atom. The topological polar surface area (TPSA) is 49.4 Å². The lowest BCUT2D eigenvalue weighted by Gasteiger charge is -2.16. The second-order valence-corrected chi connectivity index (χ2v) is 6.58. The molecule has 1 aromatic heterocycles. The Labute approximate surface area is 141 Å². The molecule has 2 aromatic rings. The average molecular weight is 330 g/mol. The predicted octanol–water partition coefficient (Wildman–Crippen LogP) is 4.24. The van der Waals surface area contributed by atoms with Crippen molar-refractivity contribution in [2.75, 3.05) is 11.9 Å². The van der Waals surface area contributed by atoms with Crippen molar-refractivity contribution in [3.8, 4) is 0 Å². The maximum Gasteiger partial charge on any atom is 0.328 e. The quantitative estimate of drug-likeness (QED) is 0.772. The molecule has 1 aromatic carbocycles. The summed E-state index contributed by atoms with van der Waals surface area (Å²) in [5, 5.41) is 3.67. The zero-order chi connectivity index (χ0) is 16.7. The van der Waals surface area contributed by atoms with Gasteiger partial charge in [-0.25, -0.2) is 4.79 Å². The van der Waals surface area contributed by atoms with E-state index in [-0.39, 0.29) is 6.03 Å². The van der Waals surface area contributed by atoms with E-state index in [9.17, 15) is 9.59 Å². The van der Waals surface area contributed by atoms with Gasteiger partial charge in [0.1, 0.15) is 0 Å². The van der Waals surface area contributed by atoms with Gasteiger partial charge in [-0.2, -0.15) is 0 Å². The van der Waals surface area contributed by atoms with E-state index >= 15 is 0 Å². The average Bonchev–Trinajstić information content (AvgIpc) is 2.89. The molecule has 0 bridgehead atoms. The Hall–Kier alpha value is -2.14. The minimum Gasteiger partial charge on any atom is -0.299 e.